The highest BCUT2D eigenvalue weighted by Gasteiger charge is 2.16. The van der Waals surface area contributed by atoms with Crippen LogP contribution in [0.5, 0.6) is 28.7 Å². The van der Waals surface area contributed by atoms with Gasteiger partial charge in [-0.3, -0.25) is 4.79 Å². The van der Waals surface area contributed by atoms with Crippen LogP contribution in [0.2, 0.25) is 0 Å². The first-order chi connectivity index (χ1) is 13.4. The highest BCUT2D eigenvalue weighted by atomic mass is 16.5. The maximum absolute atomic E-state index is 12.2. The molecule has 2 aromatic rings. The number of ether oxygens (including phenoxy) is 4. The van der Waals surface area contributed by atoms with E-state index in [0.717, 1.165) is 6.08 Å². The lowest BCUT2D eigenvalue weighted by Gasteiger charge is -2.11. The summed E-state index contributed by atoms with van der Waals surface area (Å²) < 4.78 is 20.6. The number of rotatable bonds is 8. The number of carbonyl (C=O) groups is 1. The first-order valence-electron chi connectivity index (χ1n) is 8.23. The van der Waals surface area contributed by atoms with Gasteiger partial charge in [0.2, 0.25) is 0 Å². The van der Waals surface area contributed by atoms with Gasteiger partial charge in [-0.05, 0) is 23.8 Å². The molecule has 0 fully saturated rings. The van der Waals surface area contributed by atoms with Gasteiger partial charge < -0.3 is 29.2 Å². The van der Waals surface area contributed by atoms with Gasteiger partial charge in [0.25, 0.3) is 0 Å². The number of phenolic OH excluding ortho intramolecular Hbond substituents is 1. The Morgan fingerprint density at radius 1 is 0.893 bits per heavy atom. The molecule has 28 heavy (non-hydrogen) atoms. The third-order valence-electron chi connectivity index (χ3n) is 3.89. The largest absolute Gasteiger partial charge is 0.507 e. The molecule has 7 nitrogen and oxygen atoms in total. The van der Waals surface area contributed by atoms with Crippen molar-refractivity contribution in [1.29, 1.82) is 0 Å². The molecular formula is C21H22O7. The van der Waals surface area contributed by atoms with E-state index < -0.39 is 11.5 Å². The normalized spacial score (nSPS) is 11.4. The molecule has 2 rings (SSSR count). The minimum atomic E-state index is -0.482. The summed E-state index contributed by atoms with van der Waals surface area (Å²) in [7, 11) is 5.87. The number of carbonyl (C=O) groups excluding carboxylic acids is 1. The number of methoxy groups -OCH3 is 4. The molecule has 0 heterocycles. The van der Waals surface area contributed by atoms with E-state index in [2.05, 4.69) is 0 Å². The highest BCUT2D eigenvalue weighted by Crippen LogP contribution is 2.37. The van der Waals surface area contributed by atoms with Crippen molar-refractivity contribution in [3.63, 3.8) is 0 Å². The van der Waals surface area contributed by atoms with E-state index in [1.165, 1.54) is 46.6 Å². The number of ketones is 1. The Hall–Kier alpha value is -3.61. The van der Waals surface area contributed by atoms with E-state index in [0.29, 0.717) is 22.8 Å². The Kier molecular flexibility index (Phi) is 6.92. The van der Waals surface area contributed by atoms with E-state index in [-0.39, 0.29) is 17.1 Å². The van der Waals surface area contributed by atoms with E-state index in [1.807, 2.05) is 0 Å². The van der Waals surface area contributed by atoms with Gasteiger partial charge in [-0.25, -0.2) is 0 Å². The van der Waals surface area contributed by atoms with Crippen molar-refractivity contribution in [2.75, 3.05) is 28.4 Å². The molecule has 0 aliphatic carbocycles. The molecule has 0 spiro atoms. The van der Waals surface area contributed by atoms with Gasteiger partial charge in [-0.1, -0.05) is 12.1 Å². The second-order valence-corrected chi connectivity index (χ2v) is 5.60. The van der Waals surface area contributed by atoms with Crippen molar-refractivity contribution >= 4 is 17.6 Å². The minimum Gasteiger partial charge on any atom is -0.507 e. The number of benzene rings is 2. The standard InChI is InChI=1S/C21H22O7/c1-25-15-11-17(24)21(20(12-15)28-4)16(23)10-14(22)7-5-13-6-8-18(26-2)19(9-13)27-3/h5-12,23-24H,1-4H3/b7-5+,16-10-. The lowest BCUT2D eigenvalue weighted by molar-refractivity contribution is -0.110. The molecule has 148 valence electrons. The van der Waals surface area contributed by atoms with Gasteiger partial charge >= 0.3 is 0 Å². The van der Waals surface area contributed by atoms with Crippen molar-refractivity contribution in [3.05, 3.63) is 53.6 Å². The molecule has 0 aliphatic heterocycles. The van der Waals surface area contributed by atoms with Gasteiger partial charge in [0, 0.05) is 18.2 Å². The van der Waals surface area contributed by atoms with Crippen molar-refractivity contribution in [2.24, 2.45) is 0 Å². The Morgan fingerprint density at radius 2 is 1.57 bits per heavy atom. The number of phenols is 1. The molecule has 7 heteroatoms. The molecule has 2 aromatic carbocycles. The topological polar surface area (TPSA) is 94.5 Å². The average Bonchev–Trinajstić information content (AvgIpc) is 2.70. The predicted molar refractivity (Wildman–Crippen MR) is 105 cm³/mol. The second-order valence-electron chi connectivity index (χ2n) is 5.60. The molecule has 0 unspecified atom stereocenters. The number of allylic oxidation sites excluding steroid dienone is 2. The summed E-state index contributed by atoms with van der Waals surface area (Å²) in [6.07, 6.45) is 3.84. The highest BCUT2D eigenvalue weighted by molar-refractivity contribution is 6.06. The molecule has 0 aromatic heterocycles. The van der Waals surface area contributed by atoms with Crippen molar-refractivity contribution in [1.82, 2.24) is 0 Å². The fourth-order valence-corrected chi connectivity index (χ4v) is 2.50. The van der Waals surface area contributed by atoms with Gasteiger partial charge in [0.15, 0.2) is 17.3 Å². The third kappa shape index (κ3) is 4.76. The lowest BCUT2D eigenvalue weighted by Crippen LogP contribution is -1.96. The fraction of sp³-hybridized carbons (Fsp3) is 0.190. The van der Waals surface area contributed by atoms with Gasteiger partial charge in [-0.15, -0.1) is 0 Å². The number of aliphatic hydroxyl groups is 1. The smallest absolute Gasteiger partial charge is 0.182 e. The molecular weight excluding hydrogens is 364 g/mol. The Bertz CT molecular complexity index is 913. The summed E-state index contributed by atoms with van der Waals surface area (Å²) in [6.45, 7) is 0. The van der Waals surface area contributed by atoms with E-state index in [9.17, 15) is 15.0 Å². The molecule has 0 aliphatic rings. The van der Waals surface area contributed by atoms with E-state index >= 15 is 0 Å². The molecule has 0 radical (unpaired) electrons. The van der Waals surface area contributed by atoms with Crippen LogP contribution in [0.4, 0.5) is 0 Å². The van der Waals surface area contributed by atoms with Crippen molar-refractivity contribution in [3.8, 4) is 28.7 Å². The SMILES string of the molecule is COc1cc(O)c(/C(O)=C/C(=O)/C=C/c2ccc(OC)c(OC)c2)c(OC)c1. The number of hydrogen-bond acceptors (Lipinski definition) is 7. The van der Waals surface area contributed by atoms with Crippen LogP contribution < -0.4 is 18.9 Å². The number of aliphatic hydroxyl groups excluding tert-OH is 1. The number of hydrogen-bond donors (Lipinski definition) is 2. The first-order valence-corrected chi connectivity index (χ1v) is 8.23. The maximum Gasteiger partial charge on any atom is 0.182 e. The summed E-state index contributed by atoms with van der Waals surface area (Å²) in [5.74, 6) is 0.437. The summed E-state index contributed by atoms with van der Waals surface area (Å²) >= 11 is 0. The Balaban J connectivity index is 2.26. The van der Waals surface area contributed by atoms with Crippen LogP contribution in [0.1, 0.15) is 11.1 Å². The second kappa shape index (κ2) is 9.36. The Labute approximate surface area is 163 Å². The molecule has 0 amide bonds. The summed E-state index contributed by atoms with van der Waals surface area (Å²) in [6, 6.07) is 7.99. The van der Waals surface area contributed by atoms with Crippen molar-refractivity contribution < 1.29 is 34.0 Å². The summed E-state index contributed by atoms with van der Waals surface area (Å²) in [4.78, 5) is 12.2. The molecule has 0 atom stereocenters. The van der Waals surface area contributed by atoms with Crippen LogP contribution in [0.3, 0.4) is 0 Å². The van der Waals surface area contributed by atoms with Crippen LogP contribution in [0, 0.1) is 0 Å². The summed E-state index contributed by atoms with van der Waals surface area (Å²) in [5.41, 5.74) is 0.708. The zero-order chi connectivity index (χ0) is 20.7. The molecule has 0 saturated heterocycles. The fourth-order valence-electron chi connectivity index (χ4n) is 2.50. The summed E-state index contributed by atoms with van der Waals surface area (Å²) in [5, 5.41) is 20.4. The maximum atomic E-state index is 12.2. The average molecular weight is 386 g/mol. The zero-order valence-electron chi connectivity index (χ0n) is 16.1. The minimum absolute atomic E-state index is 0.00355. The third-order valence-corrected chi connectivity index (χ3v) is 3.89. The molecule has 0 saturated carbocycles. The van der Waals surface area contributed by atoms with Crippen LogP contribution in [0.25, 0.3) is 11.8 Å². The zero-order valence-corrected chi connectivity index (χ0v) is 16.1. The van der Waals surface area contributed by atoms with Gasteiger partial charge in [-0.2, -0.15) is 0 Å². The van der Waals surface area contributed by atoms with E-state index in [1.54, 1.807) is 24.3 Å². The van der Waals surface area contributed by atoms with Crippen LogP contribution in [-0.2, 0) is 4.79 Å². The van der Waals surface area contributed by atoms with Crippen LogP contribution in [0.15, 0.2) is 42.5 Å². The quantitative estimate of drug-likeness (QED) is 0.529. The monoisotopic (exact) mass is 386 g/mol. The number of aromatic hydroxyl groups is 1. The van der Waals surface area contributed by atoms with Gasteiger partial charge in [0.1, 0.15) is 28.6 Å². The molecule has 2 N–H and O–H groups in total. The molecule has 0 bridgehead atoms. The van der Waals surface area contributed by atoms with E-state index in [4.69, 9.17) is 18.9 Å². The van der Waals surface area contributed by atoms with Crippen LogP contribution >= 0.6 is 0 Å². The first kappa shape index (κ1) is 20.7. The van der Waals surface area contributed by atoms with Crippen molar-refractivity contribution in [2.45, 2.75) is 0 Å². The van der Waals surface area contributed by atoms with Gasteiger partial charge in [0.05, 0.1) is 28.4 Å². The Morgan fingerprint density at radius 3 is 2.18 bits per heavy atom. The van der Waals surface area contributed by atoms with Crippen LogP contribution in [-0.4, -0.2) is 44.4 Å². The lowest BCUT2D eigenvalue weighted by atomic mass is 10.1. The predicted octanol–water partition coefficient (Wildman–Crippen LogP) is 3.61.